The summed E-state index contributed by atoms with van der Waals surface area (Å²) in [5.74, 6) is -0.0653. The summed E-state index contributed by atoms with van der Waals surface area (Å²) in [6.07, 6.45) is 6.94. The summed E-state index contributed by atoms with van der Waals surface area (Å²) in [5.41, 5.74) is 6.68. The van der Waals surface area contributed by atoms with Crippen LogP contribution in [0.1, 0.15) is 79.0 Å². The van der Waals surface area contributed by atoms with Crippen molar-refractivity contribution >= 4 is 80.9 Å². The second-order valence-corrected chi connectivity index (χ2v) is 22.3. The zero-order valence-electron chi connectivity index (χ0n) is 43.8. The normalized spacial score (nSPS) is 15.8. The number of hydrogen-bond acceptors (Lipinski definition) is 15. The van der Waals surface area contributed by atoms with Crippen molar-refractivity contribution in [2.24, 2.45) is 0 Å². The van der Waals surface area contributed by atoms with Crippen LogP contribution in [0.5, 0.6) is 0 Å². The minimum atomic E-state index is -2.26. The standard InChI is InChI=1S/C25H31N6O5P.C16H11NO2.C13H8O3.C4H9NO/c1-37(2,34)26-8-12-35-15-11-30-16-18(27-28-30)17-31-24(32)20-5-3-4-19-22(29-9-13-36-14-10-29)7-6-21(23(19)20)25(31)33;1-3-9-17-15(18)12-6-4-5-11-10(2)7-8-13(14(11)12)16(17)19;1-7-5-6-10-11-8(7)3-2-4-9(11)12(14)16-13(10)15;1-3-6-4-2-5-1/h3-7,16H,8-15,17H2,1-2H3,(H,26,34);1,4-8H,9H2,2H3;2-6H,1H3;5H,1-4H2. The largest absolute Gasteiger partial charge is 0.386 e. The van der Waals surface area contributed by atoms with E-state index in [1.807, 2.05) is 68.4 Å². The van der Waals surface area contributed by atoms with E-state index in [2.05, 4.69) is 36.3 Å². The first kappa shape index (κ1) is 54.8. The van der Waals surface area contributed by atoms with Crippen LogP contribution in [-0.2, 0) is 36.6 Å². The van der Waals surface area contributed by atoms with Gasteiger partial charge in [-0.05, 0) is 78.2 Å². The molecule has 0 saturated carbocycles. The average molecular weight is 1080 g/mol. The number of anilines is 1. The summed E-state index contributed by atoms with van der Waals surface area (Å²) in [7, 11) is -2.26. The molecule has 6 heterocycles. The Morgan fingerprint density at radius 1 is 0.654 bits per heavy atom. The number of carbonyl (C=O) groups excluding carboxylic acids is 6. The third kappa shape index (κ3) is 11.8. The molecule has 0 atom stereocenters. The van der Waals surface area contributed by atoms with Gasteiger partial charge in [0.15, 0.2) is 0 Å². The van der Waals surface area contributed by atoms with Gasteiger partial charge < -0.3 is 33.7 Å². The summed E-state index contributed by atoms with van der Waals surface area (Å²) >= 11 is 0. The lowest BCUT2D eigenvalue weighted by molar-refractivity contribution is 0.0388. The molecule has 2 saturated heterocycles. The van der Waals surface area contributed by atoms with E-state index >= 15 is 0 Å². The summed E-state index contributed by atoms with van der Waals surface area (Å²) in [6, 6.07) is 27.5. The zero-order valence-corrected chi connectivity index (χ0v) is 44.7. The van der Waals surface area contributed by atoms with Crippen molar-refractivity contribution in [1.82, 2.24) is 35.2 Å². The lowest BCUT2D eigenvalue weighted by atomic mass is 9.92. The molecule has 2 N–H and O–H groups in total. The number of morpholine rings is 2. The van der Waals surface area contributed by atoms with Gasteiger partial charge in [0.1, 0.15) is 13.0 Å². The minimum absolute atomic E-state index is 0.00136. The molecule has 402 valence electrons. The number of nitrogens with one attached hydrogen (secondary N) is 2. The number of rotatable bonds is 11. The highest BCUT2D eigenvalue weighted by atomic mass is 31.2. The van der Waals surface area contributed by atoms with Gasteiger partial charge in [-0.1, -0.05) is 59.7 Å². The summed E-state index contributed by atoms with van der Waals surface area (Å²) in [4.78, 5) is 79.2. The van der Waals surface area contributed by atoms with Crippen molar-refractivity contribution < 1.29 is 52.3 Å². The molecular formula is C58H59N8O11P. The Balaban J connectivity index is 0.000000149. The zero-order chi connectivity index (χ0) is 55.1. The Labute approximate surface area is 450 Å². The van der Waals surface area contributed by atoms with E-state index in [-0.39, 0.29) is 36.7 Å². The number of aryl methyl sites for hydroxylation is 2. The van der Waals surface area contributed by atoms with Crippen molar-refractivity contribution in [3.05, 3.63) is 147 Å². The highest BCUT2D eigenvalue weighted by molar-refractivity contribution is 7.60. The topological polar surface area (TPSA) is 221 Å². The monoisotopic (exact) mass is 1070 g/mol. The fourth-order valence-electron chi connectivity index (χ4n) is 9.81. The van der Waals surface area contributed by atoms with Gasteiger partial charge >= 0.3 is 11.9 Å². The maximum absolute atomic E-state index is 13.4. The highest BCUT2D eigenvalue weighted by Gasteiger charge is 2.35. The number of imide groups is 2. The SMILES string of the molecule is C#CCN1C(=O)c2cccc3c(C)ccc(c23)C1=O.C1COCCN1.CP(C)(=O)NCCOCCn1cc(CN2C(=O)c3cccc4c(N5CCOCC5)ccc(c34)C2=O)nn1.Cc1ccc2c3c(cccc13)C(=O)OC2=O. The van der Waals surface area contributed by atoms with Crippen LogP contribution in [0.15, 0.2) is 97.2 Å². The molecule has 0 spiro atoms. The summed E-state index contributed by atoms with van der Waals surface area (Å²) < 4.78 is 34.0. The van der Waals surface area contributed by atoms with Crippen LogP contribution in [0.25, 0.3) is 32.3 Å². The Hall–Kier alpha value is -7.95. The first-order valence-corrected chi connectivity index (χ1v) is 28.2. The van der Waals surface area contributed by atoms with Crippen molar-refractivity contribution in [2.45, 2.75) is 26.9 Å². The van der Waals surface area contributed by atoms with E-state index in [1.54, 1.807) is 60.6 Å². The Kier molecular flexibility index (Phi) is 17.0. The Morgan fingerprint density at radius 3 is 1.74 bits per heavy atom. The third-order valence-corrected chi connectivity index (χ3v) is 14.6. The number of terminal acetylenes is 1. The molecule has 2 fully saturated rings. The number of ether oxygens (including phenoxy) is 4. The smallest absolute Gasteiger partial charge is 0.346 e. The molecule has 4 amide bonds. The molecule has 19 nitrogen and oxygen atoms in total. The van der Waals surface area contributed by atoms with Crippen LogP contribution < -0.4 is 15.3 Å². The molecular weight excluding hydrogens is 1020 g/mol. The molecule has 0 radical (unpaired) electrons. The van der Waals surface area contributed by atoms with Gasteiger partial charge in [0.25, 0.3) is 23.6 Å². The van der Waals surface area contributed by atoms with Crippen LogP contribution in [0, 0.1) is 26.2 Å². The lowest BCUT2D eigenvalue weighted by Gasteiger charge is -2.32. The fourth-order valence-corrected chi connectivity index (χ4v) is 10.4. The highest BCUT2D eigenvalue weighted by Crippen LogP contribution is 2.37. The fraction of sp³-hybridized carbons (Fsp3) is 0.310. The van der Waals surface area contributed by atoms with Crippen molar-refractivity contribution in [3.63, 3.8) is 0 Å². The number of hydrogen-bond donors (Lipinski definition) is 2. The first-order valence-electron chi connectivity index (χ1n) is 25.6. The van der Waals surface area contributed by atoms with Crippen LogP contribution in [-0.4, -0.2) is 153 Å². The number of aromatic nitrogens is 3. The van der Waals surface area contributed by atoms with Crippen LogP contribution in [0.4, 0.5) is 5.69 Å². The van der Waals surface area contributed by atoms with Gasteiger partial charge in [-0.2, -0.15) is 0 Å². The van der Waals surface area contributed by atoms with Gasteiger partial charge in [-0.3, -0.25) is 34.1 Å². The van der Waals surface area contributed by atoms with E-state index in [0.29, 0.717) is 89.4 Å². The lowest BCUT2D eigenvalue weighted by Crippen LogP contribution is -2.40. The van der Waals surface area contributed by atoms with Crippen LogP contribution >= 0.6 is 7.29 Å². The van der Waals surface area contributed by atoms with E-state index < -0.39 is 19.2 Å². The number of carbonyl (C=O) groups is 6. The maximum Gasteiger partial charge on any atom is 0.346 e. The van der Waals surface area contributed by atoms with Gasteiger partial charge in [0.2, 0.25) is 0 Å². The predicted molar refractivity (Wildman–Crippen MR) is 294 cm³/mol. The molecule has 78 heavy (non-hydrogen) atoms. The Bertz CT molecular complexity index is 3520. The molecule has 0 unspecified atom stereocenters. The number of esters is 2. The van der Waals surface area contributed by atoms with E-state index in [9.17, 15) is 33.3 Å². The number of nitrogens with zero attached hydrogens (tertiary/aromatic N) is 6. The molecule has 5 aliphatic rings. The van der Waals surface area contributed by atoms with Gasteiger partial charge in [0.05, 0.1) is 76.6 Å². The maximum atomic E-state index is 13.4. The first-order chi connectivity index (χ1) is 37.6. The average Bonchev–Trinajstić information content (AvgIpc) is 4.06. The molecule has 6 aromatic carbocycles. The number of cyclic esters (lactones) is 2. The Morgan fingerprint density at radius 2 is 1.17 bits per heavy atom. The van der Waals surface area contributed by atoms with E-state index in [1.165, 1.54) is 4.90 Å². The predicted octanol–water partition coefficient (Wildman–Crippen LogP) is 6.65. The number of amides is 4. The van der Waals surface area contributed by atoms with Crippen molar-refractivity contribution in [1.29, 1.82) is 0 Å². The molecule has 5 aliphatic heterocycles. The third-order valence-electron chi connectivity index (χ3n) is 13.6. The quantitative estimate of drug-likeness (QED) is 0.0346. The van der Waals surface area contributed by atoms with Gasteiger partial charge in [-0.15, -0.1) is 11.5 Å². The van der Waals surface area contributed by atoms with Crippen LogP contribution in [0.2, 0.25) is 0 Å². The molecule has 0 bridgehead atoms. The number of benzene rings is 6. The van der Waals surface area contributed by atoms with Crippen molar-refractivity contribution in [2.75, 3.05) is 97.1 Å². The second kappa shape index (κ2) is 24.2. The van der Waals surface area contributed by atoms with Gasteiger partial charge in [0, 0.05) is 95.5 Å². The van der Waals surface area contributed by atoms with E-state index in [4.69, 9.17) is 20.6 Å². The van der Waals surface area contributed by atoms with Crippen LogP contribution in [0.3, 0.4) is 0 Å². The summed E-state index contributed by atoms with van der Waals surface area (Å²) in [6.45, 7) is 15.8. The molecule has 0 aliphatic carbocycles. The minimum Gasteiger partial charge on any atom is -0.386 e. The van der Waals surface area contributed by atoms with Crippen molar-refractivity contribution in [3.8, 4) is 12.3 Å². The molecule has 12 rings (SSSR count). The van der Waals surface area contributed by atoms with E-state index in [0.717, 1.165) is 82.7 Å². The second-order valence-electron chi connectivity index (χ2n) is 19.3. The summed E-state index contributed by atoms with van der Waals surface area (Å²) in [5, 5.41) is 19.3. The molecule has 20 heteroatoms. The molecule has 7 aromatic rings. The molecule has 1 aromatic heterocycles. The van der Waals surface area contributed by atoms with Gasteiger partial charge in [-0.25, -0.2) is 14.3 Å².